The number of ether oxygens (including phenoxy) is 1. The van der Waals surface area contributed by atoms with Crippen LogP contribution in [-0.2, 0) is 9.59 Å². The van der Waals surface area contributed by atoms with Crippen molar-refractivity contribution in [2.24, 2.45) is 11.7 Å². The van der Waals surface area contributed by atoms with Crippen LogP contribution in [-0.4, -0.2) is 118 Å². The first-order chi connectivity index (χ1) is 30.1. The van der Waals surface area contributed by atoms with Crippen LogP contribution in [0.3, 0.4) is 0 Å². The molecule has 6 heterocycles. The highest BCUT2D eigenvalue weighted by atomic mass is 19.1. The normalized spacial score (nSPS) is 22.6. The summed E-state index contributed by atoms with van der Waals surface area (Å²) >= 11 is 0. The maximum Gasteiger partial charge on any atom is 0.262 e. The van der Waals surface area contributed by atoms with E-state index in [0.717, 1.165) is 74.0 Å². The first-order valence-electron chi connectivity index (χ1n) is 21.6. The SMILES string of the molecule is N#Cc1ccc(OC2CCC(N3C(=O)CCC(N4C(=O)c5ccc(N6CCN(CCC7CCN(c8ncc(C(N)=O)cc8F)CC7)CC6)cc5C4=O)C3=O)CC2)c2cccnc12. The third-order valence-corrected chi connectivity index (χ3v) is 13.4. The van der Waals surface area contributed by atoms with Crippen LogP contribution >= 0.6 is 0 Å². The molecule has 3 saturated heterocycles. The van der Waals surface area contributed by atoms with Crippen LogP contribution in [0.2, 0.25) is 0 Å². The number of aromatic nitrogens is 2. The number of rotatable bonds is 10. The second-order valence-corrected chi connectivity index (χ2v) is 17.0. The molecule has 9 rings (SSSR count). The van der Waals surface area contributed by atoms with E-state index in [1.807, 2.05) is 17.0 Å². The Morgan fingerprint density at radius 3 is 2.32 bits per heavy atom. The van der Waals surface area contributed by atoms with Gasteiger partial charge in [0.1, 0.15) is 17.9 Å². The number of nitrogens with two attached hydrogens (primary N) is 1. The van der Waals surface area contributed by atoms with E-state index in [2.05, 4.69) is 25.8 Å². The van der Waals surface area contributed by atoms with Gasteiger partial charge in [-0.3, -0.25) is 43.7 Å². The molecule has 2 aromatic carbocycles. The number of halogens is 1. The number of hydrogen-bond acceptors (Lipinski definition) is 12. The predicted molar refractivity (Wildman–Crippen MR) is 226 cm³/mol. The van der Waals surface area contributed by atoms with Gasteiger partial charge in [0, 0.05) is 75.2 Å². The number of nitriles is 1. The monoisotopic (exact) mass is 841 g/mol. The van der Waals surface area contributed by atoms with Crippen molar-refractivity contribution in [3.63, 3.8) is 0 Å². The van der Waals surface area contributed by atoms with Gasteiger partial charge in [-0.05, 0) is 112 Å². The number of primary amides is 1. The van der Waals surface area contributed by atoms with Crippen molar-refractivity contribution < 1.29 is 33.1 Å². The Kier molecular flexibility index (Phi) is 11.3. The van der Waals surface area contributed by atoms with E-state index in [1.54, 1.807) is 36.5 Å². The molecule has 4 aromatic rings. The van der Waals surface area contributed by atoms with Crippen LogP contribution in [0.4, 0.5) is 15.9 Å². The zero-order valence-electron chi connectivity index (χ0n) is 34.4. The van der Waals surface area contributed by atoms with E-state index >= 15 is 0 Å². The molecule has 62 heavy (non-hydrogen) atoms. The quantitative estimate of drug-likeness (QED) is 0.218. The number of nitrogens with zero attached hydrogens (tertiary/aromatic N) is 8. The molecule has 15 nitrogen and oxygen atoms in total. The first-order valence-corrected chi connectivity index (χ1v) is 21.6. The Balaban J connectivity index is 0.766. The van der Waals surface area contributed by atoms with Crippen LogP contribution in [0, 0.1) is 23.1 Å². The highest BCUT2D eigenvalue weighted by molar-refractivity contribution is 6.23. The third-order valence-electron chi connectivity index (χ3n) is 13.4. The number of hydrogen-bond donors (Lipinski definition) is 1. The topological polar surface area (TPSA) is 186 Å². The van der Waals surface area contributed by atoms with Crippen molar-refractivity contribution in [2.45, 2.75) is 76.0 Å². The number of pyridine rings is 2. The van der Waals surface area contributed by atoms with Gasteiger partial charge in [-0.25, -0.2) is 9.37 Å². The summed E-state index contributed by atoms with van der Waals surface area (Å²) < 4.78 is 21.0. The zero-order valence-corrected chi connectivity index (χ0v) is 34.4. The van der Waals surface area contributed by atoms with Crippen molar-refractivity contribution in [1.82, 2.24) is 24.7 Å². The number of amides is 5. The summed E-state index contributed by atoms with van der Waals surface area (Å²) in [5.41, 5.74) is 7.74. The van der Waals surface area contributed by atoms with Gasteiger partial charge in [0.15, 0.2) is 11.6 Å². The van der Waals surface area contributed by atoms with Gasteiger partial charge in [0.2, 0.25) is 11.8 Å². The molecule has 4 aliphatic heterocycles. The highest BCUT2D eigenvalue weighted by Crippen LogP contribution is 2.36. The number of fused-ring (bicyclic) bond motifs is 2. The fourth-order valence-electron chi connectivity index (χ4n) is 9.90. The number of imide groups is 2. The lowest BCUT2D eigenvalue weighted by molar-refractivity contribution is -0.155. The lowest BCUT2D eigenvalue weighted by Gasteiger charge is -2.41. The molecule has 0 bridgehead atoms. The maximum atomic E-state index is 14.6. The van der Waals surface area contributed by atoms with Crippen molar-refractivity contribution in [3.05, 3.63) is 89.0 Å². The lowest BCUT2D eigenvalue weighted by Crippen LogP contribution is -2.59. The summed E-state index contributed by atoms with van der Waals surface area (Å²) in [6.45, 7) is 5.52. The zero-order chi connectivity index (χ0) is 43.1. The summed E-state index contributed by atoms with van der Waals surface area (Å²) in [7, 11) is 0. The average Bonchev–Trinajstić information content (AvgIpc) is 3.54. The second-order valence-electron chi connectivity index (χ2n) is 17.0. The lowest BCUT2D eigenvalue weighted by atomic mass is 9.89. The summed E-state index contributed by atoms with van der Waals surface area (Å²) in [6, 6.07) is 14.4. The Labute approximate surface area is 358 Å². The Morgan fingerprint density at radius 1 is 0.839 bits per heavy atom. The van der Waals surface area contributed by atoms with Crippen molar-refractivity contribution in [2.75, 3.05) is 55.6 Å². The molecule has 5 amide bonds. The van der Waals surface area contributed by atoms with E-state index in [1.165, 1.54) is 11.1 Å². The van der Waals surface area contributed by atoms with Gasteiger partial charge < -0.3 is 20.3 Å². The van der Waals surface area contributed by atoms with Gasteiger partial charge in [0.05, 0.1) is 33.9 Å². The molecular weight excluding hydrogens is 794 g/mol. The molecule has 2 N–H and O–H groups in total. The Morgan fingerprint density at radius 2 is 1.60 bits per heavy atom. The number of anilines is 2. The number of carbonyl (C=O) groups is 5. The third kappa shape index (κ3) is 7.81. The summed E-state index contributed by atoms with van der Waals surface area (Å²) in [5, 5.41) is 10.3. The minimum atomic E-state index is -1.06. The van der Waals surface area contributed by atoms with Crippen LogP contribution in [0.25, 0.3) is 10.9 Å². The standard InChI is InChI=1S/C46H48FN9O6/c47-37-24-30(42(49)58)27-51-43(37)54-18-14-28(15-19-54)13-17-52-20-22-53(23-21-52)32-6-9-34-36(25-32)45(60)56(44(34)59)38-10-12-40(57)55(46(38)61)31-4-7-33(8-5-31)62-39-11-3-29(26-48)41-35(39)2-1-16-50-41/h1-3,6,9,11,16,24-25,27-28,31,33,38H,4-5,7-8,10,12-15,17-23H2,(H2,49,58). The number of benzene rings is 2. The van der Waals surface area contributed by atoms with Crippen LogP contribution in [0.5, 0.6) is 5.75 Å². The van der Waals surface area contributed by atoms with Gasteiger partial charge in [-0.15, -0.1) is 0 Å². The molecule has 5 aliphatic rings. The summed E-state index contributed by atoms with van der Waals surface area (Å²) in [6.07, 6.45) is 8.07. The molecule has 1 unspecified atom stereocenters. The van der Waals surface area contributed by atoms with Gasteiger partial charge in [-0.2, -0.15) is 5.26 Å². The van der Waals surface area contributed by atoms with E-state index in [-0.39, 0.29) is 53.4 Å². The first kappa shape index (κ1) is 40.9. The molecule has 16 heteroatoms. The molecule has 1 atom stereocenters. The smallest absolute Gasteiger partial charge is 0.262 e. The molecule has 0 radical (unpaired) electrons. The fourth-order valence-corrected chi connectivity index (χ4v) is 9.90. The number of piperazine rings is 1. The predicted octanol–water partition coefficient (Wildman–Crippen LogP) is 4.67. The van der Waals surface area contributed by atoms with E-state index in [9.17, 15) is 33.6 Å². The van der Waals surface area contributed by atoms with E-state index < -0.39 is 35.5 Å². The molecule has 1 saturated carbocycles. The van der Waals surface area contributed by atoms with E-state index in [0.29, 0.717) is 61.5 Å². The number of piperidine rings is 2. The molecule has 2 aromatic heterocycles. The molecule has 320 valence electrons. The molecular formula is C46H48FN9O6. The van der Waals surface area contributed by atoms with Crippen molar-refractivity contribution >= 4 is 51.9 Å². The highest BCUT2D eigenvalue weighted by Gasteiger charge is 2.49. The minimum Gasteiger partial charge on any atom is -0.490 e. The number of likely N-dealkylation sites (tertiary alicyclic amines) is 1. The largest absolute Gasteiger partial charge is 0.490 e. The molecule has 4 fully saturated rings. The summed E-state index contributed by atoms with van der Waals surface area (Å²) in [5.74, 6) is -1.66. The molecule has 0 spiro atoms. The summed E-state index contributed by atoms with van der Waals surface area (Å²) in [4.78, 5) is 84.0. The van der Waals surface area contributed by atoms with Crippen LogP contribution in [0.1, 0.15) is 94.4 Å². The number of carbonyl (C=O) groups excluding carboxylic acids is 5. The minimum absolute atomic E-state index is 0.0552. The Bertz CT molecular complexity index is 2490. The average molecular weight is 842 g/mol. The van der Waals surface area contributed by atoms with Crippen LogP contribution < -0.4 is 20.3 Å². The fraction of sp³-hybridized carbons (Fsp3) is 0.435. The second kappa shape index (κ2) is 17.1. The molecule has 1 aliphatic carbocycles. The maximum absolute atomic E-state index is 14.6. The van der Waals surface area contributed by atoms with Gasteiger partial charge >= 0.3 is 0 Å². The van der Waals surface area contributed by atoms with Crippen molar-refractivity contribution in [3.8, 4) is 11.8 Å². The van der Waals surface area contributed by atoms with Gasteiger partial charge in [-0.1, -0.05) is 0 Å². The van der Waals surface area contributed by atoms with E-state index in [4.69, 9.17) is 10.5 Å². The van der Waals surface area contributed by atoms with Gasteiger partial charge in [0.25, 0.3) is 17.7 Å². The Hall–Kier alpha value is -6.47. The van der Waals surface area contributed by atoms with Crippen LogP contribution in [0.15, 0.2) is 60.9 Å². The van der Waals surface area contributed by atoms with Crippen molar-refractivity contribution in [1.29, 1.82) is 5.26 Å².